The van der Waals surface area contributed by atoms with Gasteiger partial charge in [-0.2, -0.15) is 0 Å². The fourth-order valence-corrected chi connectivity index (χ4v) is 2.28. The third kappa shape index (κ3) is 2.62. The number of thiocarbonyl (C=S) groups is 1. The number of likely N-dealkylation sites (N-methyl/N-ethyl adjacent to an activating group) is 1. The number of hydrogen-bond donors (Lipinski definition) is 1. The molecule has 2 heterocycles. The van der Waals surface area contributed by atoms with Crippen LogP contribution in [0.25, 0.3) is 0 Å². The molecule has 0 spiro atoms. The number of hydrogen-bond acceptors (Lipinski definition) is 4. The zero-order chi connectivity index (χ0) is 13.3. The Morgan fingerprint density at radius 2 is 2.11 bits per heavy atom. The van der Waals surface area contributed by atoms with Crippen molar-refractivity contribution in [3.63, 3.8) is 0 Å². The molecule has 1 aliphatic rings. The van der Waals surface area contributed by atoms with Crippen LogP contribution in [0.3, 0.4) is 0 Å². The zero-order valence-electron chi connectivity index (χ0n) is 11.2. The zero-order valence-corrected chi connectivity index (χ0v) is 12.0. The van der Waals surface area contributed by atoms with Crippen LogP contribution < -0.4 is 10.6 Å². The second kappa shape index (κ2) is 4.82. The lowest BCUT2D eigenvalue weighted by atomic mass is 10.00. The molecule has 98 valence electrons. The van der Waals surface area contributed by atoms with Gasteiger partial charge >= 0.3 is 0 Å². The molecule has 1 aliphatic heterocycles. The summed E-state index contributed by atoms with van der Waals surface area (Å²) in [6.07, 6.45) is 1.75. The van der Waals surface area contributed by atoms with Crippen molar-refractivity contribution < 1.29 is 0 Å². The van der Waals surface area contributed by atoms with Crippen molar-refractivity contribution in [2.24, 2.45) is 5.73 Å². The Morgan fingerprint density at radius 1 is 1.39 bits per heavy atom. The summed E-state index contributed by atoms with van der Waals surface area (Å²) < 4.78 is 0. The summed E-state index contributed by atoms with van der Waals surface area (Å²) in [5.74, 6) is 0.996. The third-order valence-corrected chi connectivity index (χ3v) is 3.91. The average molecular weight is 264 g/mol. The first-order valence-corrected chi connectivity index (χ1v) is 6.53. The van der Waals surface area contributed by atoms with Crippen LogP contribution in [0.5, 0.6) is 0 Å². The van der Waals surface area contributed by atoms with Crippen LogP contribution >= 0.6 is 12.2 Å². The molecule has 2 rings (SSSR count). The molecule has 0 amide bonds. The summed E-state index contributed by atoms with van der Waals surface area (Å²) in [7, 11) is 2.17. The van der Waals surface area contributed by atoms with Crippen LogP contribution in [0.4, 0.5) is 5.82 Å². The van der Waals surface area contributed by atoms with E-state index in [9.17, 15) is 0 Å². The van der Waals surface area contributed by atoms with E-state index in [0.29, 0.717) is 4.99 Å². The summed E-state index contributed by atoms with van der Waals surface area (Å²) in [5.41, 5.74) is 6.56. The van der Waals surface area contributed by atoms with Crippen LogP contribution in [0.15, 0.2) is 18.3 Å². The Kier molecular flexibility index (Phi) is 3.54. The van der Waals surface area contributed by atoms with Crippen LogP contribution in [-0.4, -0.2) is 47.1 Å². The maximum absolute atomic E-state index is 5.57. The second-order valence-corrected chi connectivity index (χ2v) is 5.86. The van der Waals surface area contributed by atoms with Crippen LogP contribution in [0.2, 0.25) is 0 Å². The third-order valence-electron chi connectivity index (χ3n) is 3.67. The summed E-state index contributed by atoms with van der Waals surface area (Å²) in [6, 6.07) is 3.94. The number of anilines is 1. The van der Waals surface area contributed by atoms with Crippen molar-refractivity contribution in [1.82, 2.24) is 9.88 Å². The number of rotatable bonds is 2. The smallest absolute Gasteiger partial charge is 0.128 e. The topological polar surface area (TPSA) is 45.4 Å². The van der Waals surface area contributed by atoms with E-state index in [4.69, 9.17) is 18.0 Å². The Morgan fingerprint density at radius 3 is 2.61 bits per heavy atom. The van der Waals surface area contributed by atoms with Gasteiger partial charge in [0.2, 0.25) is 0 Å². The molecule has 1 fully saturated rings. The molecule has 0 saturated carbocycles. The standard InChI is InChI=1S/C13H20N4S/c1-13(2)9-17(7-6-16(13)3)11-5-4-10(8-15-11)12(14)18/h4-5,8H,6-7,9H2,1-3H3,(H2,14,18). The van der Waals surface area contributed by atoms with Crippen molar-refractivity contribution in [3.8, 4) is 0 Å². The first kappa shape index (κ1) is 13.2. The molecular formula is C13H20N4S. The molecule has 0 unspecified atom stereocenters. The molecule has 0 aliphatic carbocycles. The van der Waals surface area contributed by atoms with Crippen molar-refractivity contribution in [2.75, 3.05) is 31.6 Å². The van der Waals surface area contributed by atoms with Gasteiger partial charge in [0.15, 0.2) is 0 Å². The van der Waals surface area contributed by atoms with Crippen LogP contribution in [-0.2, 0) is 0 Å². The summed E-state index contributed by atoms with van der Waals surface area (Å²) in [6.45, 7) is 7.53. The minimum atomic E-state index is 0.168. The van der Waals surface area contributed by atoms with Gasteiger partial charge in [0.1, 0.15) is 10.8 Å². The van der Waals surface area contributed by atoms with Gasteiger partial charge in [-0.3, -0.25) is 4.90 Å². The number of piperazine rings is 1. The van der Waals surface area contributed by atoms with Gasteiger partial charge in [0, 0.05) is 36.9 Å². The van der Waals surface area contributed by atoms with Gasteiger partial charge in [-0.1, -0.05) is 12.2 Å². The molecular weight excluding hydrogens is 244 g/mol. The Hall–Kier alpha value is -1.20. The van der Waals surface area contributed by atoms with E-state index in [0.717, 1.165) is 31.0 Å². The minimum absolute atomic E-state index is 0.168. The van der Waals surface area contributed by atoms with Gasteiger partial charge in [-0.15, -0.1) is 0 Å². The highest BCUT2D eigenvalue weighted by Gasteiger charge is 2.31. The van der Waals surface area contributed by atoms with E-state index in [-0.39, 0.29) is 5.54 Å². The van der Waals surface area contributed by atoms with Crippen molar-refractivity contribution in [2.45, 2.75) is 19.4 Å². The summed E-state index contributed by atoms with van der Waals surface area (Å²) >= 11 is 4.93. The van der Waals surface area contributed by atoms with E-state index in [2.05, 4.69) is 35.7 Å². The normalized spacial score (nSPS) is 19.8. The summed E-state index contributed by atoms with van der Waals surface area (Å²) in [5, 5.41) is 0. The van der Waals surface area contributed by atoms with Gasteiger partial charge in [-0.25, -0.2) is 4.98 Å². The molecule has 0 atom stereocenters. The molecule has 1 saturated heterocycles. The number of nitrogens with zero attached hydrogens (tertiary/aromatic N) is 3. The Bertz CT molecular complexity index is 441. The van der Waals surface area contributed by atoms with Gasteiger partial charge in [0.05, 0.1) is 0 Å². The predicted molar refractivity (Wildman–Crippen MR) is 79.0 cm³/mol. The Labute approximate surface area is 114 Å². The molecule has 0 radical (unpaired) electrons. The van der Waals surface area contributed by atoms with Crippen molar-refractivity contribution in [3.05, 3.63) is 23.9 Å². The highest BCUT2D eigenvalue weighted by atomic mass is 32.1. The van der Waals surface area contributed by atoms with Gasteiger partial charge in [-0.05, 0) is 33.0 Å². The lowest BCUT2D eigenvalue weighted by Gasteiger charge is -2.45. The molecule has 4 nitrogen and oxygen atoms in total. The number of aromatic nitrogens is 1. The van der Waals surface area contributed by atoms with Crippen LogP contribution in [0.1, 0.15) is 19.4 Å². The van der Waals surface area contributed by atoms with Gasteiger partial charge in [0.25, 0.3) is 0 Å². The maximum atomic E-state index is 5.57. The van der Waals surface area contributed by atoms with E-state index >= 15 is 0 Å². The summed E-state index contributed by atoms with van der Waals surface area (Å²) in [4.78, 5) is 9.54. The molecule has 1 aromatic heterocycles. The average Bonchev–Trinajstić information content (AvgIpc) is 2.33. The first-order chi connectivity index (χ1) is 8.40. The molecule has 0 bridgehead atoms. The predicted octanol–water partition coefficient (Wildman–Crippen LogP) is 1.25. The van der Waals surface area contributed by atoms with E-state index < -0.39 is 0 Å². The fourth-order valence-electron chi connectivity index (χ4n) is 2.15. The van der Waals surface area contributed by atoms with Crippen LogP contribution in [0, 0.1) is 0 Å². The highest BCUT2D eigenvalue weighted by molar-refractivity contribution is 7.80. The quantitative estimate of drug-likeness (QED) is 0.815. The van der Waals surface area contributed by atoms with Gasteiger partial charge < -0.3 is 10.6 Å². The van der Waals surface area contributed by atoms with E-state index in [1.807, 2.05) is 12.1 Å². The fraction of sp³-hybridized carbons (Fsp3) is 0.538. The molecule has 1 aromatic rings. The molecule has 5 heteroatoms. The number of pyridine rings is 1. The molecule has 2 N–H and O–H groups in total. The minimum Gasteiger partial charge on any atom is -0.389 e. The molecule has 18 heavy (non-hydrogen) atoms. The lowest BCUT2D eigenvalue weighted by Crippen LogP contribution is -2.57. The SMILES string of the molecule is CN1CCN(c2ccc(C(N)=S)cn2)CC1(C)C. The van der Waals surface area contributed by atoms with Crippen molar-refractivity contribution in [1.29, 1.82) is 0 Å². The van der Waals surface area contributed by atoms with E-state index in [1.54, 1.807) is 6.20 Å². The monoisotopic (exact) mass is 264 g/mol. The largest absolute Gasteiger partial charge is 0.389 e. The number of nitrogens with two attached hydrogens (primary N) is 1. The Balaban J connectivity index is 2.15. The maximum Gasteiger partial charge on any atom is 0.128 e. The van der Waals surface area contributed by atoms with E-state index in [1.165, 1.54) is 0 Å². The van der Waals surface area contributed by atoms with Crippen molar-refractivity contribution >= 4 is 23.0 Å². The first-order valence-electron chi connectivity index (χ1n) is 6.12. The second-order valence-electron chi connectivity index (χ2n) is 5.42. The highest BCUT2D eigenvalue weighted by Crippen LogP contribution is 2.22. The lowest BCUT2D eigenvalue weighted by molar-refractivity contribution is 0.138. The molecule has 0 aromatic carbocycles.